The minimum atomic E-state index is -4.91. The predicted molar refractivity (Wildman–Crippen MR) is 134 cm³/mol. The van der Waals surface area contributed by atoms with E-state index >= 15 is 0 Å². The first-order valence-electron chi connectivity index (χ1n) is 11.9. The molecule has 1 unspecified atom stereocenters. The molecule has 2 aromatic heterocycles. The van der Waals surface area contributed by atoms with Gasteiger partial charge in [-0.3, -0.25) is 4.79 Å². The Balaban J connectivity index is 1.43. The highest BCUT2D eigenvalue weighted by molar-refractivity contribution is 6.04. The van der Waals surface area contributed by atoms with E-state index in [1.807, 2.05) is 32.7 Å². The zero-order chi connectivity index (χ0) is 27.7. The van der Waals surface area contributed by atoms with E-state index < -0.39 is 29.1 Å². The zero-order valence-corrected chi connectivity index (χ0v) is 21.4. The van der Waals surface area contributed by atoms with Crippen molar-refractivity contribution < 1.29 is 31.9 Å². The molecule has 38 heavy (non-hydrogen) atoms. The van der Waals surface area contributed by atoms with E-state index in [4.69, 9.17) is 9.15 Å². The van der Waals surface area contributed by atoms with E-state index in [1.54, 1.807) is 29.2 Å². The van der Waals surface area contributed by atoms with Crippen molar-refractivity contribution in [3.05, 3.63) is 60.1 Å². The molecule has 0 saturated carbocycles. The van der Waals surface area contributed by atoms with Crippen LogP contribution in [0.4, 0.5) is 29.5 Å². The van der Waals surface area contributed by atoms with Crippen molar-refractivity contribution in [2.45, 2.75) is 45.0 Å². The molecule has 0 spiro atoms. The van der Waals surface area contributed by atoms with Crippen LogP contribution in [0.15, 0.2) is 53.1 Å². The molecule has 1 aliphatic heterocycles. The fourth-order valence-electron chi connectivity index (χ4n) is 3.97. The van der Waals surface area contributed by atoms with Crippen molar-refractivity contribution in [2.75, 3.05) is 30.4 Å². The van der Waals surface area contributed by atoms with Crippen molar-refractivity contribution in [3.8, 4) is 11.5 Å². The van der Waals surface area contributed by atoms with Gasteiger partial charge >= 0.3 is 12.3 Å². The van der Waals surface area contributed by atoms with Crippen molar-refractivity contribution >= 4 is 23.5 Å². The Labute approximate surface area is 217 Å². The van der Waals surface area contributed by atoms with Crippen LogP contribution in [0.5, 0.6) is 0 Å². The maximum atomic E-state index is 13.6. The molecular weight excluding hydrogens is 503 g/mol. The number of alkyl halides is 3. The van der Waals surface area contributed by atoms with Gasteiger partial charge in [0, 0.05) is 31.7 Å². The van der Waals surface area contributed by atoms with Crippen molar-refractivity contribution in [2.24, 2.45) is 0 Å². The number of aromatic nitrogens is 2. The molecule has 9 nitrogen and oxygen atoms in total. The van der Waals surface area contributed by atoms with E-state index in [0.29, 0.717) is 30.9 Å². The SMILES string of the molecule is CN(c1ccc(NC(=O)c2nc(-c3ccccc3)oc2C(F)(F)F)cn1)C1CCN(C(=O)OC(C)(C)C)C1. The highest BCUT2D eigenvalue weighted by Gasteiger charge is 2.42. The van der Waals surface area contributed by atoms with Crippen molar-refractivity contribution in [3.63, 3.8) is 0 Å². The summed E-state index contributed by atoms with van der Waals surface area (Å²) in [6.45, 7) is 6.43. The summed E-state index contributed by atoms with van der Waals surface area (Å²) < 4.78 is 51.0. The number of oxazole rings is 1. The molecule has 1 aromatic carbocycles. The molecule has 0 aliphatic carbocycles. The van der Waals surface area contributed by atoms with Gasteiger partial charge in [0.1, 0.15) is 11.4 Å². The molecule has 3 heterocycles. The monoisotopic (exact) mass is 531 g/mol. The number of nitrogens with zero attached hydrogens (tertiary/aromatic N) is 4. The van der Waals surface area contributed by atoms with Crippen LogP contribution in [-0.4, -0.2) is 58.6 Å². The number of likely N-dealkylation sites (tertiary alicyclic amines) is 1. The Morgan fingerprint density at radius 1 is 1.13 bits per heavy atom. The lowest BCUT2D eigenvalue weighted by molar-refractivity contribution is -0.153. The molecule has 1 fully saturated rings. The van der Waals surface area contributed by atoms with Gasteiger partial charge in [-0.15, -0.1) is 0 Å². The van der Waals surface area contributed by atoms with E-state index in [9.17, 15) is 22.8 Å². The highest BCUT2D eigenvalue weighted by atomic mass is 19.4. The van der Waals surface area contributed by atoms with Crippen LogP contribution in [0.2, 0.25) is 0 Å². The number of nitrogens with one attached hydrogen (secondary N) is 1. The third-order valence-corrected chi connectivity index (χ3v) is 5.85. The number of rotatable bonds is 5. The van der Waals surface area contributed by atoms with Gasteiger partial charge in [-0.1, -0.05) is 18.2 Å². The summed E-state index contributed by atoms with van der Waals surface area (Å²) in [6.07, 6.45) is -3.23. The van der Waals surface area contributed by atoms with Crippen LogP contribution >= 0.6 is 0 Å². The van der Waals surface area contributed by atoms with Gasteiger partial charge in [0.05, 0.1) is 11.9 Å². The van der Waals surface area contributed by atoms with E-state index in [1.165, 1.54) is 24.4 Å². The number of hydrogen-bond donors (Lipinski definition) is 1. The topological polar surface area (TPSA) is 101 Å². The van der Waals surface area contributed by atoms with Gasteiger partial charge < -0.3 is 24.3 Å². The summed E-state index contributed by atoms with van der Waals surface area (Å²) in [5.74, 6) is -2.29. The molecule has 0 bridgehead atoms. The Bertz CT molecular complexity index is 1290. The lowest BCUT2D eigenvalue weighted by Gasteiger charge is -2.27. The molecule has 2 amide bonds. The lowest BCUT2D eigenvalue weighted by atomic mass is 10.2. The molecule has 1 N–H and O–H groups in total. The number of carbonyl (C=O) groups is 2. The second kappa shape index (κ2) is 10.3. The fraction of sp³-hybridized carbons (Fsp3) is 0.385. The molecule has 12 heteroatoms. The first kappa shape index (κ1) is 27.0. The summed E-state index contributed by atoms with van der Waals surface area (Å²) >= 11 is 0. The minimum Gasteiger partial charge on any atom is -0.444 e. The number of ether oxygens (including phenoxy) is 1. The molecule has 0 radical (unpaired) electrons. The van der Waals surface area contributed by atoms with Crippen LogP contribution in [0, 0.1) is 0 Å². The Morgan fingerprint density at radius 3 is 2.45 bits per heavy atom. The summed E-state index contributed by atoms with van der Waals surface area (Å²) in [5.41, 5.74) is -0.959. The van der Waals surface area contributed by atoms with Crippen LogP contribution in [0.3, 0.4) is 0 Å². The standard InChI is InChI=1S/C26H28F3N5O4/c1-25(2,3)38-24(36)34-13-12-18(15-34)33(4)19-11-10-17(14-30-19)31-22(35)20-21(26(27,28)29)37-23(32-20)16-8-6-5-7-9-16/h5-11,14,18H,12-13,15H2,1-4H3,(H,31,35). The normalized spacial score (nSPS) is 15.9. The van der Waals surface area contributed by atoms with E-state index in [2.05, 4.69) is 15.3 Å². The number of hydrogen-bond acceptors (Lipinski definition) is 7. The smallest absolute Gasteiger partial charge is 0.444 e. The number of benzene rings is 1. The maximum absolute atomic E-state index is 13.6. The quantitative estimate of drug-likeness (QED) is 0.467. The third-order valence-electron chi connectivity index (χ3n) is 5.85. The Morgan fingerprint density at radius 2 is 1.84 bits per heavy atom. The number of halogens is 3. The molecular formula is C26H28F3N5O4. The van der Waals surface area contributed by atoms with Crippen LogP contribution in [0.1, 0.15) is 43.4 Å². The van der Waals surface area contributed by atoms with Gasteiger partial charge in [0.15, 0.2) is 5.69 Å². The molecule has 1 atom stereocenters. The van der Waals surface area contributed by atoms with Crippen molar-refractivity contribution in [1.82, 2.24) is 14.9 Å². The molecule has 1 aliphatic rings. The first-order chi connectivity index (χ1) is 17.8. The maximum Gasteiger partial charge on any atom is 0.452 e. The number of likely N-dealkylation sites (N-methyl/N-ethyl adjacent to an activating group) is 1. The minimum absolute atomic E-state index is 0.00339. The summed E-state index contributed by atoms with van der Waals surface area (Å²) in [7, 11) is 1.83. The van der Waals surface area contributed by atoms with Crippen LogP contribution in [0.25, 0.3) is 11.5 Å². The summed E-state index contributed by atoms with van der Waals surface area (Å²) in [4.78, 5) is 36.8. The molecule has 3 aromatic rings. The predicted octanol–water partition coefficient (Wildman–Crippen LogP) is 5.45. The number of pyridine rings is 1. The Kier molecular flexibility index (Phi) is 7.34. The number of amides is 2. The zero-order valence-electron chi connectivity index (χ0n) is 21.4. The second-order valence-electron chi connectivity index (χ2n) is 9.90. The van der Waals surface area contributed by atoms with Crippen molar-refractivity contribution in [1.29, 1.82) is 0 Å². The highest BCUT2D eigenvalue weighted by Crippen LogP contribution is 2.35. The molecule has 4 rings (SSSR count). The fourth-order valence-corrected chi connectivity index (χ4v) is 3.97. The lowest BCUT2D eigenvalue weighted by Crippen LogP contribution is -2.39. The van der Waals surface area contributed by atoms with Gasteiger partial charge in [-0.25, -0.2) is 14.8 Å². The summed E-state index contributed by atoms with van der Waals surface area (Å²) in [6, 6.07) is 11.2. The largest absolute Gasteiger partial charge is 0.452 e. The van der Waals surface area contributed by atoms with Gasteiger partial charge in [0.2, 0.25) is 11.7 Å². The second-order valence-corrected chi connectivity index (χ2v) is 9.90. The van der Waals surface area contributed by atoms with Crippen LogP contribution < -0.4 is 10.2 Å². The van der Waals surface area contributed by atoms with Gasteiger partial charge in [-0.05, 0) is 51.5 Å². The summed E-state index contributed by atoms with van der Waals surface area (Å²) in [5, 5.41) is 2.40. The molecule has 202 valence electrons. The third kappa shape index (κ3) is 6.24. The van der Waals surface area contributed by atoms with E-state index in [0.717, 1.165) is 0 Å². The first-order valence-corrected chi connectivity index (χ1v) is 11.9. The van der Waals surface area contributed by atoms with Gasteiger partial charge in [-0.2, -0.15) is 13.2 Å². The van der Waals surface area contributed by atoms with E-state index in [-0.39, 0.29) is 23.7 Å². The molecule has 1 saturated heterocycles. The van der Waals surface area contributed by atoms with Gasteiger partial charge in [0.25, 0.3) is 5.91 Å². The number of carbonyl (C=O) groups excluding carboxylic acids is 2. The average Bonchev–Trinajstić information content (AvgIpc) is 3.52. The number of anilines is 2. The van der Waals surface area contributed by atoms with Crippen LogP contribution in [-0.2, 0) is 10.9 Å². The average molecular weight is 532 g/mol. The Hall–Kier alpha value is -4.09.